The summed E-state index contributed by atoms with van der Waals surface area (Å²) < 4.78 is 5.98. The predicted molar refractivity (Wildman–Crippen MR) is 60.5 cm³/mol. The van der Waals surface area contributed by atoms with Crippen molar-refractivity contribution in [3.63, 3.8) is 0 Å². The van der Waals surface area contributed by atoms with Crippen LogP contribution in [0.3, 0.4) is 0 Å². The molecule has 0 aromatic carbocycles. The Kier molecular flexibility index (Phi) is 3.96. The second-order valence-corrected chi connectivity index (χ2v) is 5.34. The van der Waals surface area contributed by atoms with Gasteiger partial charge in [0.05, 0.1) is 5.60 Å². The Bertz CT molecular complexity index is 166. The van der Waals surface area contributed by atoms with E-state index in [1.165, 1.54) is 25.7 Å². The molecule has 1 rings (SSSR count). The van der Waals surface area contributed by atoms with Gasteiger partial charge in [-0.25, -0.2) is 0 Å². The monoisotopic (exact) mass is 199 g/mol. The molecule has 0 aromatic heterocycles. The standard InChI is InChI=1S/C12H25NO/c1-5-14-12(10-13-4)8-6-7-11(2,3)9-12/h13H,5-10H2,1-4H3. The van der Waals surface area contributed by atoms with Crippen LogP contribution in [-0.4, -0.2) is 25.8 Å². The van der Waals surface area contributed by atoms with E-state index in [1.54, 1.807) is 0 Å². The summed E-state index contributed by atoms with van der Waals surface area (Å²) in [6, 6.07) is 0. The van der Waals surface area contributed by atoms with E-state index >= 15 is 0 Å². The van der Waals surface area contributed by atoms with Crippen LogP contribution in [0, 0.1) is 5.41 Å². The molecule has 1 atom stereocenters. The van der Waals surface area contributed by atoms with Gasteiger partial charge in [0.25, 0.3) is 0 Å². The largest absolute Gasteiger partial charge is 0.374 e. The molecule has 1 aliphatic rings. The Balaban J connectivity index is 2.65. The van der Waals surface area contributed by atoms with E-state index in [2.05, 4.69) is 26.1 Å². The first-order valence-electron chi connectivity index (χ1n) is 5.82. The zero-order chi connectivity index (χ0) is 10.7. The summed E-state index contributed by atoms with van der Waals surface area (Å²) in [7, 11) is 2.02. The van der Waals surface area contributed by atoms with E-state index in [9.17, 15) is 0 Å². The van der Waals surface area contributed by atoms with Crippen LogP contribution in [0.5, 0.6) is 0 Å². The Morgan fingerprint density at radius 3 is 2.50 bits per heavy atom. The maximum absolute atomic E-state index is 5.98. The van der Waals surface area contributed by atoms with Gasteiger partial charge in [-0.3, -0.25) is 0 Å². The smallest absolute Gasteiger partial charge is 0.0811 e. The molecule has 0 heterocycles. The van der Waals surface area contributed by atoms with Gasteiger partial charge in [-0.2, -0.15) is 0 Å². The van der Waals surface area contributed by atoms with E-state index in [0.29, 0.717) is 5.41 Å². The Hall–Kier alpha value is -0.0800. The first-order chi connectivity index (χ1) is 6.54. The molecule has 1 saturated carbocycles. The highest BCUT2D eigenvalue weighted by atomic mass is 16.5. The van der Waals surface area contributed by atoms with Gasteiger partial charge < -0.3 is 10.1 Å². The van der Waals surface area contributed by atoms with Gasteiger partial charge in [0.1, 0.15) is 0 Å². The zero-order valence-corrected chi connectivity index (χ0v) is 10.2. The molecule has 1 N–H and O–H groups in total. The van der Waals surface area contributed by atoms with Crippen LogP contribution in [-0.2, 0) is 4.74 Å². The van der Waals surface area contributed by atoms with Crippen molar-refractivity contribution in [3.8, 4) is 0 Å². The predicted octanol–water partition coefficient (Wildman–Crippen LogP) is 2.58. The third-order valence-corrected chi connectivity index (χ3v) is 3.24. The zero-order valence-electron chi connectivity index (χ0n) is 10.2. The maximum Gasteiger partial charge on any atom is 0.0811 e. The summed E-state index contributed by atoms with van der Waals surface area (Å²) in [5, 5.41) is 3.28. The molecular weight excluding hydrogens is 174 g/mol. The highest BCUT2D eigenvalue weighted by Gasteiger charge is 2.39. The molecule has 0 saturated heterocycles. The van der Waals surface area contributed by atoms with Crippen molar-refractivity contribution in [2.24, 2.45) is 5.41 Å². The maximum atomic E-state index is 5.98. The second-order valence-electron chi connectivity index (χ2n) is 5.34. The lowest BCUT2D eigenvalue weighted by molar-refractivity contribution is -0.0903. The molecule has 1 aliphatic carbocycles. The van der Waals surface area contributed by atoms with Crippen molar-refractivity contribution in [1.29, 1.82) is 0 Å². The number of rotatable bonds is 4. The molecule has 2 heteroatoms. The number of nitrogens with one attached hydrogen (secondary N) is 1. The summed E-state index contributed by atoms with van der Waals surface area (Å²) >= 11 is 0. The Morgan fingerprint density at radius 1 is 1.29 bits per heavy atom. The molecule has 0 aliphatic heterocycles. The minimum Gasteiger partial charge on any atom is -0.374 e. The van der Waals surface area contributed by atoms with E-state index in [1.807, 2.05) is 7.05 Å². The molecule has 1 fully saturated rings. The molecule has 0 bridgehead atoms. The van der Waals surface area contributed by atoms with Crippen molar-refractivity contribution < 1.29 is 4.74 Å². The molecule has 0 amide bonds. The van der Waals surface area contributed by atoms with Gasteiger partial charge in [-0.15, -0.1) is 0 Å². The average molecular weight is 199 g/mol. The molecule has 84 valence electrons. The third kappa shape index (κ3) is 2.96. The summed E-state index contributed by atoms with van der Waals surface area (Å²) in [6.07, 6.45) is 5.04. The molecule has 0 spiro atoms. The topological polar surface area (TPSA) is 21.3 Å². The van der Waals surface area contributed by atoms with E-state index < -0.39 is 0 Å². The molecule has 14 heavy (non-hydrogen) atoms. The van der Waals surface area contributed by atoms with Crippen molar-refractivity contribution in [3.05, 3.63) is 0 Å². The van der Waals surface area contributed by atoms with Gasteiger partial charge >= 0.3 is 0 Å². The van der Waals surface area contributed by atoms with Gasteiger partial charge in [-0.05, 0) is 38.6 Å². The normalized spacial score (nSPS) is 31.7. The Labute approximate surface area is 88.4 Å². The Morgan fingerprint density at radius 2 is 2.00 bits per heavy atom. The number of hydrogen-bond donors (Lipinski definition) is 1. The molecule has 1 unspecified atom stereocenters. The summed E-state index contributed by atoms with van der Waals surface area (Å²) in [4.78, 5) is 0. The minimum absolute atomic E-state index is 0.102. The molecular formula is C12H25NO. The van der Waals surface area contributed by atoms with E-state index in [4.69, 9.17) is 4.74 Å². The highest BCUT2D eigenvalue weighted by Crippen LogP contribution is 2.42. The first kappa shape index (κ1) is 12.0. The van der Waals surface area contributed by atoms with Crippen molar-refractivity contribution >= 4 is 0 Å². The fourth-order valence-electron chi connectivity index (χ4n) is 2.89. The lowest BCUT2D eigenvalue weighted by atomic mass is 9.69. The highest BCUT2D eigenvalue weighted by molar-refractivity contribution is 4.93. The van der Waals surface area contributed by atoms with Crippen molar-refractivity contribution in [2.75, 3.05) is 20.2 Å². The van der Waals surface area contributed by atoms with Gasteiger partial charge in [-0.1, -0.05) is 20.3 Å². The number of hydrogen-bond acceptors (Lipinski definition) is 2. The fraction of sp³-hybridized carbons (Fsp3) is 1.00. The van der Waals surface area contributed by atoms with Gasteiger partial charge in [0, 0.05) is 13.2 Å². The van der Waals surface area contributed by atoms with E-state index in [0.717, 1.165) is 13.2 Å². The van der Waals surface area contributed by atoms with Crippen molar-refractivity contribution in [1.82, 2.24) is 5.32 Å². The van der Waals surface area contributed by atoms with Crippen LogP contribution < -0.4 is 5.32 Å². The van der Waals surface area contributed by atoms with Crippen molar-refractivity contribution in [2.45, 2.75) is 52.1 Å². The summed E-state index contributed by atoms with van der Waals surface area (Å²) in [5.74, 6) is 0. The fourth-order valence-corrected chi connectivity index (χ4v) is 2.89. The quantitative estimate of drug-likeness (QED) is 0.751. The minimum atomic E-state index is 0.102. The van der Waals surface area contributed by atoms with Crippen LogP contribution in [0.25, 0.3) is 0 Å². The molecule has 0 aromatic rings. The van der Waals surface area contributed by atoms with Crippen LogP contribution in [0.2, 0.25) is 0 Å². The number of ether oxygens (including phenoxy) is 1. The van der Waals surface area contributed by atoms with Gasteiger partial charge in [0.15, 0.2) is 0 Å². The summed E-state index contributed by atoms with van der Waals surface area (Å²) in [6.45, 7) is 8.63. The third-order valence-electron chi connectivity index (χ3n) is 3.24. The van der Waals surface area contributed by atoms with Crippen LogP contribution in [0.15, 0.2) is 0 Å². The summed E-state index contributed by atoms with van der Waals surface area (Å²) in [5.41, 5.74) is 0.551. The molecule has 2 nitrogen and oxygen atoms in total. The van der Waals surface area contributed by atoms with Crippen LogP contribution in [0.1, 0.15) is 46.5 Å². The SMILES string of the molecule is CCOC1(CNC)CCCC(C)(C)C1. The lowest BCUT2D eigenvalue weighted by Gasteiger charge is -2.44. The lowest BCUT2D eigenvalue weighted by Crippen LogP contribution is -2.48. The first-order valence-corrected chi connectivity index (χ1v) is 5.82. The second kappa shape index (κ2) is 4.63. The van der Waals surface area contributed by atoms with E-state index in [-0.39, 0.29) is 5.60 Å². The van der Waals surface area contributed by atoms with Crippen LogP contribution in [0.4, 0.5) is 0 Å². The van der Waals surface area contributed by atoms with Gasteiger partial charge in [0.2, 0.25) is 0 Å². The molecule has 0 radical (unpaired) electrons. The van der Waals surface area contributed by atoms with Crippen LogP contribution >= 0.6 is 0 Å². The average Bonchev–Trinajstić information content (AvgIpc) is 2.02. The number of likely N-dealkylation sites (N-methyl/N-ethyl adjacent to an activating group) is 1.